The molecule has 2 aromatic rings. The van der Waals surface area contributed by atoms with Gasteiger partial charge in [-0.1, -0.05) is 30.2 Å². The Morgan fingerprint density at radius 2 is 1.64 bits per heavy atom. The van der Waals surface area contributed by atoms with Gasteiger partial charge in [-0.3, -0.25) is 4.90 Å². The fourth-order valence-corrected chi connectivity index (χ4v) is 4.74. The van der Waals surface area contributed by atoms with E-state index in [1.54, 1.807) is 7.11 Å². The highest BCUT2D eigenvalue weighted by atomic mass is 16.5. The zero-order valence-electron chi connectivity index (χ0n) is 16.3. The number of fused-ring (bicyclic) bond motifs is 2. The van der Waals surface area contributed by atoms with Crippen molar-refractivity contribution in [3.63, 3.8) is 0 Å². The van der Waals surface area contributed by atoms with Crippen LogP contribution in [0, 0.1) is 12.3 Å². The summed E-state index contributed by atoms with van der Waals surface area (Å²) in [6.07, 6.45) is 9.08. The van der Waals surface area contributed by atoms with Crippen molar-refractivity contribution >= 4 is 0 Å². The summed E-state index contributed by atoms with van der Waals surface area (Å²) in [5.41, 5.74) is 1.52. The van der Waals surface area contributed by atoms with E-state index >= 15 is 0 Å². The third-order valence-corrected chi connectivity index (χ3v) is 6.16. The van der Waals surface area contributed by atoms with Crippen LogP contribution >= 0.6 is 0 Å². The molecule has 2 unspecified atom stereocenters. The van der Waals surface area contributed by atoms with Gasteiger partial charge in [0.2, 0.25) is 0 Å². The second-order valence-corrected chi connectivity index (χ2v) is 7.86. The van der Waals surface area contributed by atoms with E-state index in [-0.39, 0.29) is 0 Å². The SMILES string of the molecule is C#CCOc1ccc(CN2C3CCC2CC(O)(c2ccc(OC)cc2)C3)cc1. The van der Waals surface area contributed by atoms with Crippen LogP contribution < -0.4 is 9.47 Å². The Morgan fingerprint density at radius 3 is 2.21 bits per heavy atom. The van der Waals surface area contributed by atoms with Crippen molar-refractivity contribution in [1.82, 2.24) is 4.90 Å². The number of terminal acetylenes is 1. The minimum atomic E-state index is -0.748. The van der Waals surface area contributed by atoms with E-state index in [0.29, 0.717) is 18.7 Å². The molecule has 4 heteroatoms. The summed E-state index contributed by atoms with van der Waals surface area (Å²) in [5.74, 6) is 4.11. The first-order valence-corrected chi connectivity index (χ1v) is 9.89. The van der Waals surface area contributed by atoms with E-state index in [1.807, 2.05) is 36.4 Å². The van der Waals surface area contributed by atoms with E-state index in [9.17, 15) is 5.11 Å². The number of rotatable bonds is 6. The largest absolute Gasteiger partial charge is 0.497 e. The summed E-state index contributed by atoms with van der Waals surface area (Å²) >= 11 is 0. The van der Waals surface area contributed by atoms with Gasteiger partial charge >= 0.3 is 0 Å². The number of piperidine rings is 1. The van der Waals surface area contributed by atoms with E-state index in [4.69, 9.17) is 15.9 Å². The first-order chi connectivity index (χ1) is 13.6. The minimum absolute atomic E-state index is 0.291. The number of methoxy groups -OCH3 is 1. The van der Waals surface area contributed by atoms with Crippen LogP contribution in [0.25, 0.3) is 0 Å². The molecule has 2 aromatic carbocycles. The van der Waals surface area contributed by atoms with Crippen LogP contribution in [0.1, 0.15) is 36.8 Å². The highest BCUT2D eigenvalue weighted by Crippen LogP contribution is 2.46. The molecular formula is C24H27NO3. The van der Waals surface area contributed by atoms with Gasteiger partial charge in [-0.05, 0) is 61.1 Å². The quantitative estimate of drug-likeness (QED) is 0.779. The van der Waals surface area contributed by atoms with Crippen molar-refractivity contribution < 1.29 is 14.6 Å². The number of nitrogens with zero attached hydrogens (tertiary/aromatic N) is 1. The van der Waals surface area contributed by atoms with E-state index in [1.165, 1.54) is 5.56 Å². The van der Waals surface area contributed by atoms with Gasteiger partial charge in [0.15, 0.2) is 0 Å². The first kappa shape index (κ1) is 18.9. The molecule has 2 heterocycles. The molecule has 2 bridgehead atoms. The molecule has 4 rings (SSSR count). The number of benzene rings is 2. The normalized spacial score (nSPS) is 26.6. The molecule has 2 aliphatic heterocycles. The van der Waals surface area contributed by atoms with Gasteiger partial charge in [-0.25, -0.2) is 0 Å². The molecule has 4 nitrogen and oxygen atoms in total. The summed E-state index contributed by atoms with van der Waals surface area (Å²) in [4.78, 5) is 2.56. The maximum absolute atomic E-state index is 11.4. The van der Waals surface area contributed by atoms with Crippen molar-refractivity contribution in [3.8, 4) is 23.8 Å². The third-order valence-electron chi connectivity index (χ3n) is 6.16. The lowest BCUT2D eigenvalue weighted by atomic mass is 9.80. The summed E-state index contributed by atoms with van der Waals surface area (Å²) in [5, 5.41) is 11.4. The van der Waals surface area contributed by atoms with Gasteiger partial charge in [0.25, 0.3) is 0 Å². The fraction of sp³-hybridized carbons (Fsp3) is 0.417. The molecular weight excluding hydrogens is 350 g/mol. The van der Waals surface area contributed by atoms with Crippen molar-refractivity contribution in [1.29, 1.82) is 0 Å². The second kappa shape index (κ2) is 7.87. The number of hydrogen-bond donors (Lipinski definition) is 1. The molecule has 1 N–H and O–H groups in total. The van der Waals surface area contributed by atoms with E-state index in [0.717, 1.165) is 49.3 Å². The van der Waals surface area contributed by atoms with Crippen molar-refractivity contribution in [2.75, 3.05) is 13.7 Å². The van der Waals surface area contributed by atoms with Gasteiger partial charge in [0, 0.05) is 18.6 Å². The van der Waals surface area contributed by atoms with Crippen LogP contribution in [0.15, 0.2) is 48.5 Å². The summed E-state index contributed by atoms with van der Waals surface area (Å²) < 4.78 is 10.7. The summed E-state index contributed by atoms with van der Waals surface area (Å²) in [6, 6.07) is 16.9. The molecule has 0 spiro atoms. The van der Waals surface area contributed by atoms with Crippen LogP contribution in [0.2, 0.25) is 0 Å². The van der Waals surface area contributed by atoms with E-state index in [2.05, 4.69) is 23.0 Å². The minimum Gasteiger partial charge on any atom is -0.497 e. The predicted molar refractivity (Wildman–Crippen MR) is 109 cm³/mol. The zero-order chi connectivity index (χ0) is 19.6. The van der Waals surface area contributed by atoms with Crippen LogP contribution in [0.4, 0.5) is 0 Å². The van der Waals surface area contributed by atoms with Crippen molar-refractivity contribution in [2.24, 2.45) is 0 Å². The highest BCUT2D eigenvalue weighted by Gasteiger charge is 2.48. The van der Waals surface area contributed by atoms with Crippen LogP contribution in [-0.2, 0) is 12.1 Å². The Balaban J connectivity index is 1.44. The fourth-order valence-electron chi connectivity index (χ4n) is 4.74. The van der Waals surface area contributed by atoms with Crippen molar-refractivity contribution in [3.05, 3.63) is 59.7 Å². The Hall–Kier alpha value is -2.48. The number of aliphatic hydroxyl groups is 1. The molecule has 2 fully saturated rings. The van der Waals surface area contributed by atoms with Gasteiger partial charge in [-0.2, -0.15) is 0 Å². The molecule has 0 amide bonds. The lowest BCUT2D eigenvalue weighted by Gasteiger charge is -2.44. The molecule has 0 saturated carbocycles. The van der Waals surface area contributed by atoms with Gasteiger partial charge in [0.05, 0.1) is 12.7 Å². The Labute approximate surface area is 167 Å². The van der Waals surface area contributed by atoms with Crippen LogP contribution in [0.3, 0.4) is 0 Å². The second-order valence-electron chi connectivity index (χ2n) is 7.86. The summed E-state index contributed by atoms with van der Waals surface area (Å²) in [6.45, 7) is 1.20. The van der Waals surface area contributed by atoms with Crippen LogP contribution in [-0.4, -0.2) is 35.8 Å². The Kier molecular flexibility index (Phi) is 5.30. The van der Waals surface area contributed by atoms with Crippen LogP contribution in [0.5, 0.6) is 11.5 Å². The summed E-state index contributed by atoms with van der Waals surface area (Å²) in [7, 11) is 1.66. The zero-order valence-corrected chi connectivity index (χ0v) is 16.3. The standard InChI is InChI=1S/C24H27NO3/c1-3-14-28-23-10-4-18(5-11-23)17-25-20-8-9-21(25)16-24(26,15-20)19-6-12-22(27-2)13-7-19/h1,4-7,10-13,20-21,26H,8-9,14-17H2,2H3. The molecule has 2 saturated heterocycles. The third kappa shape index (κ3) is 3.73. The maximum Gasteiger partial charge on any atom is 0.148 e. The Morgan fingerprint density at radius 1 is 1.04 bits per heavy atom. The molecule has 2 aliphatic rings. The molecule has 2 atom stereocenters. The van der Waals surface area contributed by atoms with Gasteiger partial charge < -0.3 is 14.6 Å². The molecule has 28 heavy (non-hydrogen) atoms. The molecule has 146 valence electrons. The topological polar surface area (TPSA) is 41.9 Å². The predicted octanol–water partition coefficient (Wildman–Crippen LogP) is 3.72. The van der Waals surface area contributed by atoms with Gasteiger partial charge in [-0.15, -0.1) is 6.42 Å². The lowest BCUT2D eigenvalue weighted by Crippen LogP contribution is -2.49. The maximum atomic E-state index is 11.4. The smallest absolute Gasteiger partial charge is 0.148 e. The number of ether oxygens (including phenoxy) is 2. The van der Waals surface area contributed by atoms with E-state index < -0.39 is 5.60 Å². The lowest BCUT2D eigenvalue weighted by molar-refractivity contribution is -0.0595. The average molecular weight is 377 g/mol. The number of hydrogen-bond acceptors (Lipinski definition) is 4. The highest BCUT2D eigenvalue weighted by molar-refractivity contribution is 5.32. The molecule has 0 aliphatic carbocycles. The first-order valence-electron chi connectivity index (χ1n) is 9.89. The monoisotopic (exact) mass is 377 g/mol. The molecule has 0 aromatic heterocycles. The average Bonchev–Trinajstić information content (AvgIpc) is 2.97. The van der Waals surface area contributed by atoms with Crippen molar-refractivity contribution in [2.45, 2.75) is 49.9 Å². The Bertz CT molecular complexity index is 824. The molecule has 0 radical (unpaired) electrons. The van der Waals surface area contributed by atoms with Gasteiger partial charge in [0.1, 0.15) is 18.1 Å².